The van der Waals surface area contributed by atoms with Crippen LogP contribution in [0.5, 0.6) is 5.88 Å². The number of aromatic nitrogens is 1. The molecule has 1 saturated heterocycles. The largest absolute Gasteiger partial charge is 0.474 e. The Kier molecular flexibility index (Phi) is 5.15. The maximum absolute atomic E-state index is 11.5. The van der Waals surface area contributed by atoms with Crippen molar-refractivity contribution in [1.29, 1.82) is 0 Å². The molecule has 1 fully saturated rings. The number of rotatable bonds is 5. The summed E-state index contributed by atoms with van der Waals surface area (Å²) < 4.78 is 11.1. The van der Waals surface area contributed by atoms with Crippen LogP contribution in [0.3, 0.4) is 0 Å². The molecule has 132 valence electrons. The lowest BCUT2D eigenvalue weighted by Crippen LogP contribution is -2.26. The van der Waals surface area contributed by atoms with Crippen LogP contribution < -0.4 is 21.5 Å². The van der Waals surface area contributed by atoms with Gasteiger partial charge >= 0.3 is 6.03 Å². The van der Waals surface area contributed by atoms with Gasteiger partial charge in [-0.15, -0.1) is 11.3 Å². The van der Waals surface area contributed by atoms with Gasteiger partial charge in [0.25, 0.3) is 5.91 Å². The number of hydrogen-bond donors (Lipinski definition) is 3. The van der Waals surface area contributed by atoms with Crippen molar-refractivity contribution >= 4 is 28.3 Å². The highest BCUT2D eigenvalue weighted by Crippen LogP contribution is 2.35. The van der Waals surface area contributed by atoms with Crippen molar-refractivity contribution in [1.82, 2.24) is 4.98 Å². The van der Waals surface area contributed by atoms with E-state index in [9.17, 15) is 9.59 Å². The first-order valence-corrected chi connectivity index (χ1v) is 8.55. The Balaban J connectivity index is 1.77. The number of urea groups is 1. The number of carbonyl (C=O) groups excluding carboxylic acids is 2. The number of hydrogen-bond acceptors (Lipinski definition) is 6. The second-order valence-corrected chi connectivity index (χ2v) is 6.57. The Hall–Kier alpha value is -2.65. The fourth-order valence-electron chi connectivity index (χ4n) is 2.48. The van der Waals surface area contributed by atoms with Crippen LogP contribution >= 0.6 is 11.3 Å². The lowest BCUT2D eigenvalue weighted by atomic mass is 10.1. The molecule has 0 aliphatic carbocycles. The van der Waals surface area contributed by atoms with Crippen molar-refractivity contribution in [3.05, 3.63) is 30.0 Å². The van der Waals surface area contributed by atoms with E-state index in [1.165, 1.54) is 11.3 Å². The van der Waals surface area contributed by atoms with E-state index in [0.717, 1.165) is 23.3 Å². The molecule has 9 heteroatoms. The number of anilines is 1. The van der Waals surface area contributed by atoms with Gasteiger partial charge in [-0.05, 0) is 12.1 Å². The van der Waals surface area contributed by atoms with E-state index < -0.39 is 11.9 Å². The molecule has 0 radical (unpaired) electrons. The first-order chi connectivity index (χ1) is 12.0. The minimum Gasteiger partial charge on any atom is -0.474 e. The quantitative estimate of drug-likeness (QED) is 0.748. The van der Waals surface area contributed by atoms with Crippen LogP contribution in [0.4, 0.5) is 9.80 Å². The van der Waals surface area contributed by atoms with Crippen LogP contribution in [-0.2, 0) is 4.74 Å². The van der Waals surface area contributed by atoms with Crippen molar-refractivity contribution in [2.75, 3.05) is 18.5 Å². The highest BCUT2D eigenvalue weighted by molar-refractivity contribution is 7.20. The van der Waals surface area contributed by atoms with Gasteiger partial charge in [0.1, 0.15) is 11.1 Å². The molecule has 1 aliphatic rings. The zero-order valence-corrected chi connectivity index (χ0v) is 14.2. The summed E-state index contributed by atoms with van der Waals surface area (Å²) in [6.07, 6.45) is 3.46. The van der Waals surface area contributed by atoms with Crippen LogP contribution in [0.15, 0.2) is 24.4 Å². The zero-order chi connectivity index (χ0) is 17.8. The lowest BCUT2D eigenvalue weighted by Gasteiger charge is -2.22. The maximum atomic E-state index is 11.5. The van der Waals surface area contributed by atoms with Gasteiger partial charge in [-0.25, -0.2) is 9.78 Å². The number of carbonyl (C=O) groups is 2. The van der Waals surface area contributed by atoms with Gasteiger partial charge in [0.2, 0.25) is 5.88 Å². The SMILES string of the molecule is NC(=O)Nc1sc(-c2ccc(OC3CCOCC3)nc2)cc1C(N)=O. The van der Waals surface area contributed by atoms with Crippen LogP contribution in [0.1, 0.15) is 23.2 Å². The highest BCUT2D eigenvalue weighted by atomic mass is 32.1. The van der Waals surface area contributed by atoms with E-state index in [2.05, 4.69) is 10.3 Å². The lowest BCUT2D eigenvalue weighted by molar-refractivity contribution is 0.0237. The van der Waals surface area contributed by atoms with Gasteiger partial charge in [0.05, 0.1) is 18.8 Å². The van der Waals surface area contributed by atoms with Crippen LogP contribution in [-0.4, -0.2) is 36.2 Å². The molecule has 2 aromatic heterocycles. The topological polar surface area (TPSA) is 130 Å². The van der Waals surface area contributed by atoms with Gasteiger partial charge < -0.3 is 20.9 Å². The van der Waals surface area contributed by atoms with E-state index in [4.69, 9.17) is 20.9 Å². The van der Waals surface area contributed by atoms with Gasteiger partial charge in [-0.1, -0.05) is 0 Å². The van der Waals surface area contributed by atoms with E-state index in [0.29, 0.717) is 24.1 Å². The molecular formula is C16H18N4O4S. The van der Waals surface area contributed by atoms with Gasteiger partial charge in [0.15, 0.2) is 0 Å². The van der Waals surface area contributed by atoms with Crippen molar-refractivity contribution in [2.45, 2.75) is 18.9 Å². The monoisotopic (exact) mass is 362 g/mol. The molecule has 3 amide bonds. The third-order valence-electron chi connectivity index (χ3n) is 3.71. The molecule has 2 aromatic rings. The minimum atomic E-state index is -0.755. The molecule has 25 heavy (non-hydrogen) atoms. The third kappa shape index (κ3) is 4.25. The number of pyridine rings is 1. The van der Waals surface area contributed by atoms with Crippen molar-refractivity contribution in [3.8, 4) is 16.3 Å². The summed E-state index contributed by atoms with van der Waals surface area (Å²) >= 11 is 1.20. The summed E-state index contributed by atoms with van der Waals surface area (Å²) in [5.74, 6) is -0.100. The number of nitrogens with zero attached hydrogens (tertiary/aromatic N) is 1. The van der Waals surface area contributed by atoms with Gasteiger partial charge in [-0.3, -0.25) is 10.1 Å². The van der Waals surface area contributed by atoms with Crippen LogP contribution in [0, 0.1) is 0 Å². The number of nitrogens with one attached hydrogen (secondary N) is 1. The number of thiophene rings is 1. The maximum Gasteiger partial charge on any atom is 0.317 e. The van der Waals surface area contributed by atoms with E-state index >= 15 is 0 Å². The first kappa shape index (κ1) is 17.2. The van der Waals surface area contributed by atoms with E-state index in [1.54, 1.807) is 18.3 Å². The molecule has 0 unspecified atom stereocenters. The third-order valence-corrected chi connectivity index (χ3v) is 4.81. The molecule has 1 aliphatic heterocycles. The van der Waals surface area contributed by atoms with Crippen LogP contribution in [0.25, 0.3) is 10.4 Å². The normalized spacial score (nSPS) is 14.9. The first-order valence-electron chi connectivity index (χ1n) is 7.74. The number of amides is 3. The van der Waals surface area contributed by atoms with Crippen molar-refractivity contribution in [3.63, 3.8) is 0 Å². The second-order valence-electron chi connectivity index (χ2n) is 5.52. The molecule has 3 heterocycles. The Morgan fingerprint density at radius 3 is 2.64 bits per heavy atom. The smallest absolute Gasteiger partial charge is 0.317 e. The average Bonchev–Trinajstić information content (AvgIpc) is 3.00. The number of primary amides is 2. The molecule has 0 atom stereocenters. The molecule has 0 saturated carbocycles. The minimum absolute atomic E-state index is 0.113. The van der Waals surface area contributed by atoms with Crippen molar-refractivity contribution < 1.29 is 19.1 Å². The number of nitrogens with two attached hydrogens (primary N) is 2. The molecular weight excluding hydrogens is 344 g/mol. The van der Waals surface area contributed by atoms with E-state index in [1.807, 2.05) is 6.07 Å². The van der Waals surface area contributed by atoms with Crippen molar-refractivity contribution in [2.24, 2.45) is 11.5 Å². The fourth-order valence-corrected chi connectivity index (χ4v) is 3.54. The number of ether oxygens (including phenoxy) is 2. The van der Waals surface area contributed by atoms with Gasteiger partial charge in [0, 0.05) is 35.5 Å². The Labute approximate surface area is 148 Å². The van der Waals surface area contributed by atoms with Crippen LogP contribution in [0.2, 0.25) is 0 Å². The standard InChI is InChI=1S/C16H18N4O4S/c17-14(21)11-7-12(25-15(11)20-16(18)22)9-1-2-13(19-8-9)24-10-3-5-23-6-4-10/h1-2,7-8,10H,3-6H2,(H2,17,21)(H3,18,20,22). The summed E-state index contributed by atoms with van der Waals surface area (Å²) in [5, 5.41) is 2.73. The molecule has 0 aromatic carbocycles. The molecule has 5 N–H and O–H groups in total. The Morgan fingerprint density at radius 1 is 1.28 bits per heavy atom. The second kappa shape index (κ2) is 7.49. The summed E-state index contributed by atoms with van der Waals surface area (Å²) in [7, 11) is 0. The highest BCUT2D eigenvalue weighted by Gasteiger charge is 2.18. The molecule has 0 bridgehead atoms. The molecule has 8 nitrogen and oxygen atoms in total. The van der Waals surface area contributed by atoms with Gasteiger partial charge in [-0.2, -0.15) is 0 Å². The Bertz CT molecular complexity index is 769. The summed E-state index contributed by atoms with van der Waals surface area (Å²) in [4.78, 5) is 27.6. The molecule has 3 rings (SSSR count). The van der Waals surface area contributed by atoms with E-state index in [-0.39, 0.29) is 11.7 Å². The summed E-state index contributed by atoms with van der Waals surface area (Å²) in [6, 6.07) is 4.46. The average molecular weight is 362 g/mol. The summed E-state index contributed by atoms with van der Waals surface area (Å²) in [6.45, 7) is 1.40. The predicted octanol–water partition coefficient (Wildman–Crippen LogP) is 1.96. The predicted molar refractivity (Wildman–Crippen MR) is 93.7 cm³/mol. The zero-order valence-electron chi connectivity index (χ0n) is 13.4. The summed E-state index contributed by atoms with van der Waals surface area (Å²) in [5.41, 5.74) is 11.4. The fraction of sp³-hybridized carbons (Fsp3) is 0.312. The Morgan fingerprint density at radius 2 is 2.04 bits per heavy atom. The molecule has 0 spiro atoms.